The number of nitrogens with zero attached hydrogens (tertiary/aromatic N) is 2. The van der Waals surface area contributed by atoms with Gasteiger partial charge in [-0.25, -0.2) is 0 Å². The quantitative estimate of drug-likeness (QED) is 0.559. The zero-order valence-electron chi connectivity index (χ0n) is 14.7. The summed E-state index contributed by atoms with van der Waals surface area (Å²) in [6.07, 6.45) is 3.70. The molecular formula is C23H20N2O. The highest BCUT2D eigenvalue weighted by atomic mass is 16.5. The van der Waals surface area contributed by atoms with Crippen LogP contribution in [0.5, 0.6) is 5.75 Å². The van der Waals surface area contributed by atoms with Gasteiger partial charge in [0, 0.05) is 18.8 Å². The predicted molar refractivity (Wildman–Crippen MR) is 108 cm³/mol. The van der Waals surface area contributed by atoms with Gasteiger partial charge in [-0.05, 0) is 42.3 Å². The molecule has 0 bridgehead atoms. The molecule has 3 heteroatoms. The Morgan fingerprint density at radius 3 is 2.35 bits per heavy atom. The largest absolute Gasteiger partial charge is 0.439 e. The molecule has 3 nitrogen and oxygen atoms in total. The van der Waals surface area contributed by atoms with Crippen LogP contribution in [-0.2, 0) is 0 Å². The molecule has 0 saturated carbocycles. The highest BCUT2D eigenvalue weighted by molar-refractivity contribution is 5.80. The van der Waals surface area contributed by atoms with E-state index >= 15 is 0 Å². The molecule has 0 aliphatic carbocycles. The van der Waals surface area contributed by atoms with Crippen LogP contribution in [-0.4, -0.2) is 12.8 Å². The van der Waals surface area contributed by atoms with E-state index in [1.807, 2.05) is 48.5 Å². The lowest BCUT2D eigenvalue weighted by Gasteiger charge is -2.15. The predicted octanol–water partition coefficient (Wildman–Crippen LogP) is 5.82. The second kappa shape index (κ2) is 7.28. The molecule has 128 valence electrons. The number of anilines is 1. The number of fused-ring (bicyclic) bond motifs is 1. The number of hydrogen-bond acceptors (Lipinski definition) is 3. The Balaban J connectivity index is 1.61. The van der Waals surface area contributed by atoms with Gasteiger partial charge < -0.3 is 9.64 Å². The number of benzene rings is 3. The van der Waals surface area contributed by atoms with E-state index in [2.05, 4.69) is 53.2 Å². The standard InChI is InChI=1S/C23H20N2O/c1-2-25-21-17-19(18-9-5-3-6-10-18)13-14-22(21)26-23(25)15-16-24-20-11-7-4-8-12-20/h3-17H,2H2,1H3/b23-15-,24-16?. The number of hydrogen-bond donors (Lipinski definition) is 0. The first-order valence-corrected chi connectivity index (χ1v) is 8.79. The maximum Gasteiger partial charge on any atom is 0.202 e. The van der Waals surface area contributed by atoms with Crippen molar-refractivity contribution < 1.29 is 4.74 Å². The van der Waals surface area contributed by atoms with Gasteiger partial charge in [-0.1, -0.05) is 54.6 Å². The molecule has 0 aromatic heterocycles. The molecule has 0 fully saturated rings. The third-order valence-corrected chi connectivity index (χ3v) is 4.35. The van der Waals surface area contributed by atoms with E-state index in [-0.39, 0.29) is 0 Å². The molecular weight excluding hydrogens is 320 g/mol. The van der Waals surface area contributed by atoms with E-state index in [0.29, 0.717) is 0 Å². The molecule has 0 atom stereocenters. The number of aliphatic imine (C=N–C) groups is 1. The zero-order valence-corrected chi connectivity index (χ0v) is 14.7. The summed E-state index contributed by atoms with van der Waals surface area (Å²) in [5.41, 5.74) is 4.41. The summed E-state index contributed by atoms with van der Waals surface area (Å²) in [5.74, 6) is 1.68. The van der Waals surface area contributed by atoms with E-state index in [4.69, 9.17) is 4.74 Å². The molecule has 1 aliphatic rings. The molecule has 0 saturated heterocycles. The second-order valence-corrected chi connectivity index (χ2v) is 6.01. The Morgan fingerprint density at radius 1 is 0.885 bits per heavy atom. The summed E-state index contributed by atoms with van der Waals surface area (Å²) in [6.45, 7) is 2.95. The van der Waals surface area contributed by atoms with Crippen molar-refractivity contribution in [3.63, 3.8) is 0 Å². The topological polar surface area (TPSA) is 24.8 Å². The number of rotatable bonds is 4. The molecule has 0 N–H and O–H groups in total. The van der Waals surface area contributed by atoms with Crippen LogP contribution in [0.4, 0.5) is 11.4 Å². The van der Waals surface area contributed by atoms with Crippen molar-refractivity contribution in [1.82, 2.24) is 0 Å². The van der Waals surface area contributed by atoms with Gasteiger partial charge in [0.05, 0.1) is 11.4 Å². The first kappa shape index (κ1) is 16.2. The molecule has 4 rings (SSSR count). The number of para-hydroxylation sites is 1. The number of ether oxygens (including phenoxy) is 1. The van der Waals surface area contributed by atoms with Crippen molar-refractivity contribution in [2.24, 2.45) is 4.99 Å². The molecule has 3 aromatic rings. The molecule has 3 aromatic carbocycles. The van der Waals surface area contributed by atoms with Crippen molar-refractivity contribution in [1.29, 1.82) is 0 Å². The summed E-state index contributed by atoms with van der Waals surface area (Å²) in [6, 6.07) is 26.6. The lowest BCUT2D eigenvalue weighted by Crippen LogP contribution is -2.19. The third-order valence-electron chi connectivity index (χ3n) is 4.35. The third kappa shape index (κ3) is 3.24. The highest BCUT2D eigenvalue weighted by Crippen LogP contribution is 2.41. The van der Waals surface area contributed by atoms with Crippen LogP contribution in [0.25, 0.3) is 11.1 Å². The van der Waals surface area contributed by atoms with Crippen LogP contribution in [0.3, 0.4) is 0 Å². The van der Waals surface area contributed by atoms with Crippen LogP contribution >= 0.6 is 0 Å². The first-order chi connectivity index (χ1) is 12.8. The summed E-state index contributed by atoms with van der Waals surface area (Å²) in [5, 5.41) is 0. The van der Waals surface area contributed by atoms with Crippen LogP contribution in [0.1, 0.15) is 6.92 Å². The molecule has 0 amide bonds. The van der Waals surface area contributed by atoms with Gasteiger partial charge in [0.2, 0.25) is 5.88 Å². The normalized spacial score (nSPS) is 14.7. The Hall–Kier alpha value is -3.33. The van der Waals surface area contributed by atoms with Crippen molar-refractivity contribution in [3.05, 3.63) is 90.8 Å². The fourth-order valence-corrected chi connectivity index (χ4v) is 3.06. The molecule has 1 aliphatic heterocycles. The van der Waals surface area contributed by atoms with Crippen LogP contribution in [0.2, 0.25) is 0 Å². The van der Waals surface area contributed by atoms with E-state index in [0.717, 1.165) is 29.6 Å². The second-order valence-electron chi connectivity index (χ2n) is 6.01. The van der Waals surface area contributed by atoms with Crippen molar-refractivity contribution in [3.8, 4) is 16.9 Å². The smallest absolute Gasteiger partial charge is 0.202 e. The Bertz CT molecular complexity index is 946. The van der Waals surface area contributed by atoms with Crippen LogP contribution in [0, 0.1) is 0 Å². The van der Waals surface area contributed by atoms with Gasteiger partial charge in [-0.3, -0.25) is 4.99 Å². The van der Waals surface area contributed by atoms with E-state index in [1.54, 1.807) is 6.21 Å². The molecule has 0 unspecified atom stereocenters. The lowest BCUT2D eigenvalue weighted by molar-refractivity contribution is 0.441. The Morgan fingerprint density at radius 2 is 1.62 bits per heavy atom. The number of allylic oxidation sites excluding steroid dienone is 1. The fraction of sp³-hybridized carbons (Fsp3) is 0.0870. The summed E-state index contributed by atoms with van der Waals surface area (Å²) in [4.78, 5) is 6.62. The van der Waals surface area contributed by atoms with Crippen molar-refractivity contribution in [2.75, 3.05) is 11.4 Å². The van der Waals surface area contributed by atoms with Gasteiger partial charge in [-0.2, -0.15) is 0 Å². The van der Waals surface area contributed by atoms with Gasteiger partial charge in [-0.15, -0.1) is 0 Å². The van der Waals surface area contributed by atoms with Crippen LogP contribution in [0.15, 0.2) is 95.8 Å². The summed E-state index contributed by atoms with van der Waals surface area (Å²) in [7, 11) is 0. The van der Waals surface area contributed by atoms with Crippen molar-refractivity contribution in [2.45, 2.75) is 6.92 Å². The van der Waals surface area contributed by atoms with Gasteiger partial charge in [0.25, 0.3) is 0 Å². The zero-order chi connectivity index (χ0) is 17.8. The maximum atomic E-state index is 6.04. The highest BCUT2D eigenvalue weighted by Gasteiger charge is 2.25. The van der Waals surface area contributed by atoms with Gasteiger partial charge in [0.1, 0.15) is 0 Å². The average Bonchev–Trinajstić information content (AvgIpc) is 3.06. The van der Waals surface area contributed by atoms with Crippen LogP contribution < -0.4 is 9.64 Å². The fourth-order valence-electron chi connectivity index (χ4n) is 3.06. The summed E-state index contributed by atoms with van der Waals surface area (Å²) < 4.78 is 6.04. The summed E-state index contributed by atoms with van der Waals surface area (Å²) >= 11 is 0. The molecule has 26 heavy (non-hydrogen) atoms. The maximum absolute atomic E-state index is 6.04. The SMILES string of the molecule is CCN1/C(=C/C=Nc2ccccc2)Oc2ccc(-c3ccccc3)cc21. The van der Waals surface area contributed by atoms with Crippen molar-refractivity contribution >= 4 is 17.6 Å². The average molecular weight is 340 g/mol. The first-order valence-electron chi connectivity index (χ1n) is 8.79. The molecule has 0 spiro atoms. The molecule has 1 heterocycles. The minimum atomic E-state index is 0.799. The monoisotopic (exact) mass is 340 g/mol. The Kier molecular flexibility index (Phi) is 4.52. The van der Waals surface area contributed by atoms with E-state index < -0.39 is 0 Å². The van der Waals surface area contributed by atoms with Gasteiger partial charge in [0.15, 0.2) is 5.75 Å². The van der Waals surface area contributed by atoms with E-state index in [9.17, 15) is 0 Å². The minimum Gasteiger partial charge on any atom is -0.439 e. The Labute approximate surface area is 153 Å². The molecule has 0 radical (unpaired) electrons. The minimum absolute atomic E-state index is 0.799. The lowest BCUT2D eigenvalue weighted by atomic mass is 10.0. The van der Waals surface area contributed by atoms with Gasteiger partial charge >= 0.3 is 0 Å². The van der Waals surface area contributed by atoms with E-state index in [1.165, 1.54) is 11.1 Å².